The van der Waals surface area contributed by atoms with E-state index in [2.05, 4.69) is 0 Å². The van der Waals surface area contributed by atoms with Gasteiger partial charge in [0.15, 0.2) is 0 Å². The Morgan fingerprint density at radius 3 is 1.10 bits per heavy atom. The molecule has 0 aliphatic carbocycles. The predicted octanol–water partition coefficient (Wildman–Crippen LogP) is -3.19. The van der Waals surface area contributed by atoms with Crippen molar-refractivity contribution in [1.29, 1.82) is 0 Å². The van der Waals surface area contributed by atoms with Crippen molar-refractivity contribution in [3.05, 3.63) is 0 Å². The van der Waals surface area contributed by atoms with Crippen molar-refractivity contribution >= 4 is 12.3 Å². The van der Waals surface area contributed by atoms with Crippen molar-refractivity contribution in [2.45, 2.75) is 0 Å². The molecule has 0 bridgehead atoms. The first-order chi connectivity index (χ1) is 3.46. The molecule has 0 aliphatic heterocycles. The predicted molar refractivity (Wildman–Crippen MR) is 19.4 cm³/mol. The monoisotopic (exact) mass is 198 g/mol. The standard InChI is InChI=1S/2CH2O3.Co.H3N/c2*2-1(3)4;;/h2*(H2,2,3,4);;1H3/q;;+2;/p-2. The normalized spacial score (nSPS) is 4.80. The van der Waals surface area contributed by atoms with Crippen LogP contribution in [-0.4, -0.2) is 17.4 Å². The Hall–Kier alpha value is -0.994. The zero-order chi connectivity index (χ0) is 7.15. The molecule has 0 atom stereocenters. The summed E-state index contributed by atoms with van der Waals surface area (Å²) in [6.45, 7) is 0. The van der Waals surface area contributed by atoms with Crippen LogP contribution in [0.4, 0.5) is 9.59 Å². The molecule has 1 radical (unpaired) electrons. The Morgan fingerprint density at radius 2 is 1.10 bits per heavy atom. The van der Waals surface area contributed by atoms with Crippen LogP contribution in [0.2, 0.25) is 0 Å². The van der Waals surface area contributed by atoms with Crippen molar-refractivity contribution in [3.8, 4) is 0 Å². The molecule has 0 amide bonds. The van der Waals surface area contributed by atoms with E-state index in [1.165, 1.54) is 0 Å². The maximum atomic E-state index is 8.44. The van der Waals surface area contributed by atoms with Crippen molar-refractivity contribution in [1.82, 2.24) is 6.15 Å². The maximum Gasteiger partial charge on any atom is 2.00 e. The van der Waals surface area contributed by atoms with E-state index in [9.17, 15) is 0 Å². The van der Waals surface area contributed by atoms with Crippen molar-refractivity contribution in [2.24, 2.45) is 0 Å². The zero-order valence-corrected chi connectivity index (χ0v) is 5.86. The number of carbonyl (C=O) groups is 2. The molecular formula is C2H5CoNO6. The van der Waals surface area contributed by atoms with E-state index in [1.807, 2.05) is 0 Å². The Morgan fingerprint density at radius 1 is 1.10 bits per heavy atom. The quantitative estimate of drug-likeness (QED) is 0.416. The topological polar surface area (TPSA) is 160 Å². The molecule has 0 heterocycles. The van der Waals surface area contributed by atoms with Gasteiger partial charge in [-0.05, 0) is 6.16 Å². The largest absolute Gasteiger partial charge is 2.00 e. The molecule has 0 aromatic carbocycles. The van der Waals surface area contributed by atoms with Gasteiger partial charge in [-0.1, -0.05) is 0 Å². The molecule has 10 heavy (non-hydrogen) atoms. The molecule has 0 aromatic heterocycles. The summed E-state index contributed by atoms with van der Waals surface area (Å²) in [4.78, 5) is 16.8. The van der Waals surface area contributed by atoms with E-state index in [-0.39, 0.29) is 22.9 Å². The summed E-state index contributed by atoms with van der Waals surface area (Å²) in [6.07, 6.45) is -4.42. The van der Waals surface area contributed by atoms with Gasteiger partial charge in [-0.15, -0.1) is 0 Å². The second-order valence-corrected chi connectivity index (χ2v) is 0.516. The molecule has 0 fully saturated rings. The molecule has 0 rings (SSSR count). The van der Waals surface area contributed by atoms with Crippen LogP contribution in [0, 0.1) is 0 Å². The molecule has 0 saturated carbocycles. The van der Waals surface area contributed by atoms with Gasteiger partial charge in [-0.3, -0.25) is 0 Å². The number of carboxylic acid groups (broad SMARTS) is 4. The minimum atomic E-state index is -2.33. The summed E-state index contributed by atoms with van der Waals surface area (Å²) < 4.78 is 0. The molecule has 0 saturated heterocycles. The minimum Gasteiger partial charge on any atom is -0.652 e. The Kier molecular flexibility index (Phi) is 36.1. The summed E-state index contributed by atoms with van der Waals surface area (Å²) in [5, 5.41) is 32.0. The van der Waals surface area contributed by atoms with Gasteiger partial charge in [-0.25, -0.2) is 0 Å². The number of carbonyl (C=O) groups excluding carboxylic acids is 1. The van der Waals surface area contributed by atoms with Crippen LogP contribution in [-0.2, 0) is 16.8 Å². The third-order valence-corrected chi connectivity index (χ3v) is 0. The fourth-order valence-corrected chi connectivity index (χ4v) is 0. The molecule has 0 aromatic rings. The van der Waals surface area contributed by atoms with Crippen LogP contribution in [0.25, 0.3) is 0 Å². The van der Waals surface area contributed by atoms with Crippen LogP contribution < -0.4 is 21.5 Å². The first-order valence-electron chi connectivity index (χ1n) is 1.24. The van der Waals surface area contributed by atoms with E-state index in [4.69, 9.17) is 30.0 Å². The first kappa shape index (κ1) is 23.0. The number of quaternary nitrogens is 1. The second kappa shape index (κ2) is 15.7. The SMILES string of the molecule is O=C([O-])O.O=C([O-])[O-].[Co+2].[NH4+]. The summed E-state index contributed by atoms with van der Waals surface area (Å²) in [6, 6.07) is 0. The van der Waals surface area contributed by atoms with Gasteiger partial charge >= 0.3 is 16.8 Å². The van der Waals surface area contributed by atoms with Crippen LogP contribution in [0.3, 0.4) is 0 Å². The van der Waals surface area contributed by atoms with Gasteiger partial charge < -0.3 is 36.2 Å². The van der Waals surface area contributed by atoms with Crippen molar-refractivity contribution in [3.63, 3.8) is 0 Å². The van der Waals surface area contributed by atoms with E-state index < -0.39 is 12.3 Å². The van der Waals surface area contributed by atoms with Crippen molar-refractivity contribution in [2.75, 3.05) is 0 Å². The molecular weight excluding hydrogens is 193 g/mol. The molecule has 0 unspecified atom stereocenters. The summed E-state index contributed by atoms with van der Waals surface area (Å²) in [7, 11) is 0. The zero-order valence-electron chi connectivity index (χ0n) is 4.82. The van der Waals surface area contributed by atoms with Crippen molar-refractivity contribution < 1.29 is 46.8 Å². The fourth-order valence-electron chi connectivity index (χ4n) is 0. The average molecular weight is 198 g/mol. The molecule has 5 N–H and O–H groups in total. The molecule has 7 nitrogen and oxygen atoms in total. The number of hydrogen-bond donors (Lipinski definition) is 2. The Labute approximate surface area is 66.1 Å². The van der Waals surface area contributed by atoms with Crippen LogP contribution in [0.5, 0.6) is 0 Å². The average Bonchev–Trinajstić information content (AvgIpc) is 1.25. The van der Waals surface area contributed by atoms with Crippen LogP contribution >= 0.6 is 0 Å². The summed E-state index contributed by atoms with van der Waals surface area (Å²) in [5.74, 6) is 0. The summed E-state index contributed by atoms with van der Waals surface area (Å²) in [5.41, 5.74) is 0. The number of rotatable bonds is 0. The third kappa shape index (κ3) is 256. The van der Waals surface area contributed by atoms with Crippen LogP contribution in [0.1, 0.15) is 0 Å². The third-order valence-electron chi connectivity index (χ3n) is 0. The van der Waals surface area contributed by atoms with E-state index in [0.29, 0.717) is 0 Å². The molecule has 0 spiro atoms. The van der Waals surface area contributed by atoms with Gasteiger partial charge in [0.1, 0.15) is 0 Å². The van der Waals surface area contributed by atoms with Gasteiger partial charge in [0.25, 0.3) is 0 Å². The first-order valence-corrected chi connectivity index (χ1v) is 1.24. The van der Waals surface area contributed by atoms with Gasteiger partial charge in [0.05, 0.1) is 0 Å². The van der Waals surface area contributed by atoms with Gasteiger partial charge in [0, 0.05) is 0 Å². The van der Waals surface area contributed by atoms with Gasteiger partial charge in [0.2, 0.25) is 6.16 Å². The number of hydrogen-bond acceptors (Lipinski definition) is 5. The van der Waals surface area contributed by atoms with Crippen LogP contribution in [0.15, 0.2) is 0 Å². The summed E-state index contributed by atoms with van der Waals surface area (Å²) >= 11 is 0. The van der Waals surface area contributed by atoms with E-state index in [0.717, 1.165) is 0 Å². The molecule has 8 heteroatoms. The molecule has 0 aliphatic rings. The Balaban J connectivity index is -0.0000000300. The van der Waals surface area contributed by atoms with E-state index in [1.54, 1.807) is 0 Å². The maximum absolute atomic E-state index is 8.44. The second-order valence-electron chi connectivity index (χ2n) is 0.516. The Bertz CT molecular complexity index is 73.7. The molecule has 63 valence electrons. The minimum absolute atomic E-state index is 0. The van der Waals surface area contributed by atoms with E-state index >= 15 is 0 Å². The van der Waals surface area contributed by atoms with Gasteiger partial charge in [-0.2, -0.15) is 0 Å². The smallest absolute Gasteiger partial charge is 0.652 e. The fraction of sp³-hybridized carbons (Fsp3) is 0.